The molecule has 6 nitrogen and oxygen atoms in total. The van der Waals surface area contributed by atoms with Crippen molar-refractivity contribution in [2.45, 2.75) is 0 Å². The molecule has 0 unspecified atom stereocenters. The van der Waals surface area contributed by atoms with Crippen LogP contribution in [0, 0.1) is 0 Å². The van der Waals surface area contributed by atoms with E-state index in [0.717, 1.165) is 6.26 Å². The summed E-state index contributed by atoms with van der Waals surface area (Å²) in [5.41, 5.74) is -1.36. The second-order valence-electron chi connectivity index (χ2n) is 2.23. The van der Waals surface area contributed by atoms with Crippen LogP contribution in [0.15, 0.2) is 20.3 Å². The second kappa shape index (κ2) is 2.00. The average molecular weight is 168 g/mol. The van der Waals surface area contributed by atoms with E-state index in [0.29, 0.717) is 0 Å². The number of H-pyrrole nitrogens is 2. The van der Waals surface area contributed by atoms with Crippen LogP contribution in [-0.2, 0) is 0 Å². The summed E-state index contributed by atoms with van der Waals surface area (Å²) in [6.07, 6.45) is 0.982. The van der Waals surface area contributed by atoms with Crippen molar-refractivity contribution in [3.63, 3.8) is 0 Å². The Balaban J connectivity index is 3.13. The first-order chi connectivity index (χ1) is 5.68. The summed E-state index contributed by atoms with van der Waals surface area (Å²) in [6, 6.07) is 0. The molecule has 0 fully saturated rings. The molecule has 2 aromatic rings. The van der Waals surface area contributed by atoms with E-state index in [1.165, 1.54) is 0 Å². The standard InChI is InChI=1S/C6H4N2O4/c9-2-1-12-5-3(2)4(10)7-6(11)8-5/h1,9H,(H2,7,8,10,11). The third kappa shape index (κ3) is 0.746. The molecule has 2 rings (SSSR count). The molecule has 0 spiro atoms. The summed E-state index contributed by atoms with van der Waals surface area (Å²) in [6.45, 7) is 0. The highest BCUT2D eigenvalue weighted by atomic mass is 16.4. The number of hydrogen-bond acceptors (Lipinski definition) is 4. The van der Waals surface area contributed by atoms with E-state index < -0.39 is 11.2 Å². The molecule has 0 aliphatic heterocycles. The lowest BCUT2D eigenvalue weighted by molar-refractivity contribution is 0.463. The Kier molecular flexibility index (Phi) is 1.12. The molecule has 0 amide bonds. The summed E-state index contributed by atoms with van der Waals surface area (Å²) >= 11 is 0. The molecule has 2 heterocycles. The number of fused-ring (bicyclic) bond motifs is 1. The van der Waals surface area contributed by atoms with Gasteiger partial charge in [-0.05, 0) is 0 Å². The summed E-state index contributed by atoms with van der Waals surface area (Å²) in [4.78, 5) is 25.8. The maximum absolute atomic E-state index is 11.0. The predicted molar refractivity (Wildman–Crippen MR) is 39.1 cm³/mol. The fourth-order valence-electron chi connectivity index (χ4n) is 0.960. The lowest BCUT2D eigenvalue weighted by atomic mass is 10.4. The number of hydrogen-bond donors (Lipinski definition) is 3. The van der Waals surface area contributed by atoms with Crippen LogP contribution in [-0.4, -0.2) is 15.1 Å². The minimum absolute atomic E-state index is 0.0266. The number of nitrogens with one attached hydrogen (secondary N) is 2. The molecule has 2 aromatic heterocycles. The molecule has 0 aliphatic rings. The largest absolute Gasteiger partial charge is 0.504 e. The Morgan fingerprint density at radius 2 is 2.08 bits per heavy atom. The smallest absolute Gasteiger partial charge is 0.328 e. The van der Waals surface area contributed by atoms with Crippen LogP contribution in [0.25, 0.3) is 11.1 Å². The predicted octanol–water partition coefficient (Wildman–Crippen LogP) is -0.485. The summed E-state index contributed by atoms with van der Waals surface area (Å²) in [5.74, 6) is -0.289. The highest BCUT2D eigenvalue weighted by molar-refractivity contribution is 5.78. The molecule has 3 N–H and O–H groups in total. The number of aromatic nitrogens is 2. The van der Waals surface area contributed by atoms with Crippen molar-refractivity contribution in [2.24, 2.45) is 0 Å². The zero-order valence-corrected chi connectivity index (χ0v) is 5.75. The Bertz CT molecular complexity index is 532. The fourth-order valence-corrected chi connectivity index (χ4v) is 0.960. The normalized spacial score (nSPS) is 10.7. The Hall–Kier alpha value is -1.98. The van der Waals surface area contributed by atoms with Crippen molar-refractivity contribution in [1.29, 1.82) is 0 Å². The molecular formula is C6H4N2O4. The van der Waals surface area contributed by atoms with Gasteiger partial charge in [-0.15, -0.1) is 0 Å². The van der Waals surface area contributed by atoms with Crippen LogP contribution in [0.4, 0.5) is 0 Å². The summed E-state index contributed by atoms with van der Waals surface area (Å²) in [7, 11) is 0. The van der Waals surface area contributed by atoms with Gasteiger partial charge in [0.2, 0.25) is 5.71 Å². The van der Waals surface area contributed by atoms with E-state index in [-0.39, 0.29) is 16.8 Å². The molecule has 0 aliphatic carbocycles. The first-order valence-electron chi connectivity index (χ1n) is 3.11. The molecule has 0 aromatic carbocycles. The fraction of sp³-hybridized carbons (Fsp3) is 0. The van der Waals surface area contributed by atoms with Gasteiger partial charge in [0.25, 0.3) is 5.56 Å². The van der Waals surface area contributed by atoms with Crippen molar-refractivity contribution in [2.75, 3.05) is 0 Å². The van der Waals surface area contributed by atoms with Gasteiger partial charge >= 0.3 is 5.69 Å². The van der Waals surface area contributed by atoms with Crippen LogP contribution >= 0.6 is 0 Å². The van der Waals surface area contributed by atoms with Gasteiger partial charge in [0.1, 0.15) is 11.6 Å². The second-order valence-corrected chi connectivity index (χ2v) is 2.23. The number of aromatic amines is 2. The Labute approximate surface area is 64.5 Å². The minimum atomic E-state index is -0.667. The van der Waals surface area contributed by atoms with E-state index in [9.17, 15) is 9.59 Å². The van der Waals surface area contributed by atoms with Crippen LogP contribution in [0.1, 0.15) is 0 Å². The molecule has 0 saturated heterocycles. The lowest BCUT2D eigenvalue weighted by Gasteiger charge is -1.85. The maximum Gasteiger partial charge on any atom is 0.328 e. The van der Waals surface area contributed by atoms with Crippen LogP contribution in [0.3, 0.4) is 0 Å². The van der Waals surface area contributed by atoms with E-state index in [2.05, 4.69) is 9.40 Å². The monoisotopic (exact) mass is 168 g/mol. The van der Waals surface area contributed by atoms with Gasteiger partial charge in [-0.25, -0.2) is 4.79 Å². The van der Waals surface area contributed by atoms with Crippen LogP contribution in [0.2, 0.25) is 0 Å². The van der Waals surface area contributed by atoms with Gasteiger partial charge in [0, 0.05) is 0 Å². The summed E-state index contributed by atoms with van der Waals surface area (Å²) < 4.78 is 4.68. The van der Waals surface area contributed by atoms with Crippen molar-refractivity contribution in [3.8, 4) is 5.75 Å². The van der Waals surface area contributed by atoms with E-state index in [1.54, 1.807) is 0 Å². The van der Waals surface area contributed by atoms with Gasteiger partial charge < -0.3 is 9.52 Å². The molecule has 0 atom stereocenters. The van der Waals surface area contributed by atoms with Gasteiger partial charge in [0.05, 0.1) is 0 Å². The van der Waals surface area contributed by atoms with Gasteiger partial charge in [-0.3, -0.25) is 14.8 Å². The van der Waals surface area contributed by atoms with Gasteiger partial charge in [-0.1, -0.05) is 0 Å². The third-order valence-electron chi connectivity index (χ3n) is 1.45. The number of furan rings is 1. The van der Waals surface area contributed by atoms with Crippen molar-refractivity contribution < 1.29 is 9.52 Å². The maximum atomic E-state index is 11.0. The van der Waals surface area contributed by atoms with Gasteiger partial charge in [0.15, 0.2) is 5.75 Å². The van der Waals surface area contributed by atoms with Crippen molar-refractivity contribution in [3.05, 3.63) is 27.1 Å². The summed E-state index contributed by atoms with van der Waals surface area (Å²) in [5, 5.41) is 9.00. The first-order valence-corrected chi connectivity index (χ1v) is 3.11. The van der Waals surface area contributed by atoms with Crippen LogP contribution < -0.4 is 11.2 Å². The molecular weight excluding hydrogens is 164 g/mol. The molecule has 0 saturated carbocycles. The van der Waals surface area contributed by atoms with E-state index in [4.69, 9.17) is 5.11 Å². The Morgan fingerprint density at radius 3 is 2.83 bits per heavy atom. The van der Waals surface area contributed by atoms with Crippen LogP contribution in [0.5, 0.6) is 5.75 Å². The van der Waals surface area contributed by atoms with E-state index in [1.807, 2.05) is 4.98 Å². The third-order valence-corrected chi connectivity index (χ3v) is 1.45. The van der Waals surface area contributed by atoms with E-state index >= 15 is 0 Å². The van der Waals surface area contributed by atoms with Crippen molar-refractivity contribution in [1.82, 2.24) is 9.97 Å². The molecule has 0 bridgehead atoms. The average Bonchev–Trinajstić information content (AvgIpc) is 2.31. The zero-order valence-electron chi connectivity index (χ0n) is 5.75. The lowest BCUT2D eigenvalue weighted by Crippen LogP contribution is -2.20. The topological polar surface area (TPSA) is 99.1 Å². The van der Waals surface area contributed by atoms with Gasteiger partial charge in [-0.2, -0.15) is 0 Å². The minimum Gasteiger partial charge on any atom is -0.504 e. The highest BCUT2D eigenvalue weighted by Crippen LogP contribution is 2.19. The SMILES string of the molecule is O=c1[nH]c(=O)c2c(O)coc2[nH]1. The molecule has 12 heavy (non-hydrogen) atoms. The van der Waals surface area contributed by atoms with Crippen molar-refractivity contribution >= 4 is 11.1 Å². The first kappa shape index (κ1) is 6.71. The zero-order chi connectivity index (χ0) is 8.72. The molecule has 0 radical (unpaired) electrons. The number of aromatic hydroxyl groups is 1. The Morgan fingerprint density at radius 1 is 1.33 bits per heavy atom. The number of rotatable bonds is 0. The highest BCUT2D eigenvalue weighted by Gasteiger charge is 2.08. The molecule has 62 valence electrons. The quantitative estimate of drug-likeness (QED) is 0.494. The molecule has 6 heteroatoms.